The molecule has 0 bridgehead atoms. The summed E-state index contributed by atoms with van der Waals surface area (Å²) in [5.74, 6) is 0.576. The number of esters is 1. The van der Waals surface area contributed by atoms with E-state index in [1.807, 2.05) is 6.92 Å². The van der Waals surface area contributed by atoms with E-state index in [0.717, 1.165) is 19.6 Å². The monoisotopic (exact) mass is 170 g/mol. The molecule has 2 aliphatic rings. The minimum absolute atomic E-state index is 0.0644. The molecule has 0 radical (unpaired) electrons. The van der Waals surface area contributed by atoms with Crippen LogP contribution in [0.1, 0.15) is 19.8 Å². The normalized spacial score (nSPS) is 37.6. The number of hydrogen-bond acceptors (Lipinski definition) is 3. The van der Waals surface area contributed by atoms with Crippen molar-refractivity contribution >= 4 is 5.97 Å². The van der Waals surface area contributed by atoms with Crippen LogP contribution in [0, 0.1) is 11.3 Å². The fourth-order valence-electron chi connectivity index (χ4n) is 2.02. The molecule has 3 nitrogen and oxygen atoms in total. The maximum Gasteiger partial charge on any atom is 0.306 e. The van der Waals surface area contributed by atoms with Crippen LogP contribution in [0.25, 0.3) is 0 Å². The molecule has 3 heteroatoms. The van der Waals surface area contributed by atoms with Crippen molar-refractivity contribution in [3.05, 3.63) is 0 Å². The van der Waals surface area contributed by atoms with Crippen molar-refractivity contribution in [3.8, 4) is 0 Å². The Labute approximate surface area is 72.0 Å². The first-order chi connectivity index (χ1) is 5.77. The van der Waals surface area contributed by atoms with Crippen LogP contribution in [-0.2, 0) is 14.3 Å². The van der Waals surface area contributed by atoms with Gasteiger partial charge >= 0.3 is 5.97 Å². The maximum absolute atomic E-state index is 11.2. The molecule has 0 amide bonds. The van der Waals surface area contributed by atoms with Gasteiger partial charge in [-0.05, 0) is 19.3 Å². The average molecular weight is 170 g/mol. The third kappa shape index (κ3) is 1.22. The number of carbonyl (C=O) groups is 1. The van der Waals surface area contributed by atoms with Crippen LogP contribution in [0.4, 0.5) is 0 Å². The minimum atomic E-state index is -0.0644. The largest absolute Gasteiger partial charge is 0.466 e. The summed E-state index contributed by atoms with van der Waals surface area (Å²) in [6.45, 7) is 3.93. The second-order valence-electron chi connectivity index (χ2n) is 3.76. The Morgan fingerprint density at radius 1 is 1.75 bits per heavy atom. The summed E-state index contributed by atoms with van der Waals surface area (Å²) in [4.78, 5) is 11.2. The Morgan fingerprint density at radius 2 is 2.58 bits per heavy atom. The van der Waals surface area contributed by atoms with E-state index in [2.05, 4.69) is 0 Å². The summed E-state index contributed by atoms with van der Waals surface area (Å²) >= 11 is 0. The van der Waals surface area contributed by atoms with E-state index >= 15 is 0 Å². The molecule has 1 saturated heterocycles. The first-order valence-electron chi connectivity index (χ1n) is 4.50. The van der Waals surface area contributed by atoms with Crippen molar-refractivity contribution in [1.82, 2.24) is 0 Å². The molecular weight excluding hydrogens is 156 g/mol. The summed E-state index contributed by atoms with van der Waals surface area (Å²) in [7, 11) is 0. The lowest BCUT2D eigenvalue weighted by atomic mass is 10.0. The molecule has 1 aliphatic heterocycles. The molecule has 2 atom stereocenters. The van der Waals surface area contributed by atoms with Crippen molar-refractivity contribution in [2.24, 2.45) is 11.3 Å². The quantitative estimate of drug-likeness (QED) is 0.592. The van der Waals surface area contributed by atoms with Gasteiger partial charge in [-0.2, -0.15) is 0 Å². The summed E-state index contributed by atoms with van der Waals surface area (Å²) < 4.78 is 10.2. The van der Waals surface area contributed by atoms with Crippen molar-refractivity contribution in [2.75, 3.05) is 19.8 Å². The van der Waals surface area contributed by atoms with E-state index in [0.29, 0.717) is 18.9 Å². The lowest BCUT2D eigenvalue weighted by Crippen LogP contribution is -2.14. The van der Waals surface area contributed by atoms with Crippen molar-refractivity contribution in [1.29, 1.82) is 0 Å². The highest BCUT2D eigenvalue weighted by Gasteiger charge is 2.59. The lowest BCUT2D eigenvalue weighted by molar-refractivity contribution is -0.144. The molecule has 2 rings (SSSR count). The number of hydrogen-bond donors (Lipinski definition) is 0. The van der Waals surface area contributed by atoms with Gasteiger partial charge in [-0.25, -0.2) is 0 Å². The molecule has 0 spiro atoms. The van der Waals surface area contributed by atoms with Gasteiger partial charge in [0.25, 0.3) is 0 Å². The molecule has 1 heterocycles. The highest BCUT2D eigenvalue weighted by molar-refractivity contribution is 5.71. The van der Waals surface area contributed by atoms with Crippen LogP contribution in [-0.4, -0.2) is 25.8 Å². The number of ether oxygens (including phenoxy) is 2. The molecule has 0 N–H and O–H groups in total. The Morgan fingerprint density at radius 3 is 3.08 bits per heavy atom. The van der Waals surface area contributed by atoms with Crippen molar-refractivity contribution in [2.45, 2.75) is 19.8 Å². The van der Waals surface area contributed by atoms with Gasteiger partial charge in [0.05, 0.1) is 26.2 Å². The number of carbonyl (C=O) groups excluding carboxylic acids is 1. The number of fused-ring (bicyclic) bond motifs is 1. The predicted molar refractivity (Wildman–Crippen MR) is 42.6 cm³/mol. The van der Waals surface area contributed by atoms with Gasteiger partial charge in [-0.15, -0.1) is 0 Å². The first kappa shape index (κ1) is 8.05. The summed E-state index contributed by atoms with van der Waals surface area (Å²) in [6.07, 6.45) is 1.72. The average Bonchev–Trinajstić information content (AvgIpc) is 2.53. The van der Waals surface area contributed by atoms with Crippen LogP contribution in [0.5, 0.6) is 0 Å². The molecule has 1 saturated carbocycles. The van der Waals surface area contributed by atoms with Crippen LogP contribution in [0.15, 0.2) is 0 Å². The van der Waals surface area contributed by atoms with E-state index in [4.69, 9.17) is 9.47 Å². The third-order valence-corrected chi connectivity index (χ3v) is 2.87. The first-order valence-corrected chi connectivity index (χ1v) is 4.50. The second kappa shape index (κ2) is 2.73. The Balaban J connectivity index is 1.83. The van der Waals surface area contributed by atoms with E-state index < -0.39 is 0 Å². The van der Waals surface area contributed by atoms with E-state index in [-0.39, 0.29) is 11.4 Å². The molecule has 2 fully saturated rings. The highest BCUT2D eigenvalue weighted by atomic mass is 16.5. The Bertz CT molecular complexity index is 202. The minimum Gasteiger partial charge on any atom is -0.466 e. The SMILES string of the molecule is CCOC(=O)CC12COCC1C2. The Hall–Kier alpha value is -0.570. The zero-order valence-electron chi connectivity index (χ0n) is 7.34. The summed E-state index contributed by atoms with van der Waals surface area (Å²) in [5.41, 5.74) is 0.187. The molecule has 12 heavy (non-hydrogen) atoms. The molecule has 0 aromatic rings. The van der Waals surface area contributed by atoms with Crippen molar-refractivity contribution in [3.63, 3.8) is 0 Å². The van der Waals surface area contributed by atoms with Crippen LogP contribution < -0.4 is 0 Å². The standard InChI is InChI=1S/C9H14O3/c1-2-12-8(10)4-9-3-7(9)5-11-6-9/h7H,2-6H2,1H3. The van der Waals surface area contributed by atoms with Gasteiger partial charge in [0.2, 0.25) is 0 Å². The number of rotatable bonds is 3. The Kier molecular flexibility index (Phi) is 1.83. The van der Waals surface area contributed by atoms with Crippen LogP contribution in [0.3, 0.4) is 0 Å². The zero-order valence-corrected chi connectivity index (χ0v) is 7.34. The molecule has 1 aliphatic carbocycles. The molecule has 2 unspecified atom stereocenters. The molecular formula is C9H14O3. The van der Waals surface area contributed by atoms with Gasteiger partial charge in [0, 0.05) is 5.41 Å². The van der Waals surface area contributed by atoms with E-state index in [1.165, 1.54) is 0 Å². The summed E-state index contributed by atoms with van der Waals surface area (Å²) in [6, 6.07) is 0. The lowest BCUT2D eigenvalue weighted by Gasteiger charge is -2.08. The second-order valence-corrected chi connectivity index (χ2v) is 3.76. The highest BCUT2D eigenvalue weighted by Crippen LogP contribution is 2.59. The van der Waals surface area contributed by atoms with Gasteiger partial charge in [0.15, 0.2) is 0 Å². The predicted octanol–water partition coefficient (Wildman–Crippen LogP) is 0.976. The topological polar surface area (TPSA) is 35.5 Å². The molecule has 0 aromatic heterocycles. The summed E-state index contributed by atoms with van der Waals surface area (Å²) in [5, 5.41) is 0. The van der Waals surface area contributed by atoms with Gasteiger partial charge in [-0.3, -0.25) is 4.79 Å². The van der Waals surface area contributed by atoms with Gasteiger partial charge in [-0.1, -0.05) is 0 Å². The van der Waals surface area contributed by atoms with Gasteiger partial charge < -0.3 is 9.47 Å². The van der Waals surface area contributed by atoms with Crippen LogP contribution in [0.2, 0.25) is 0 Å². The fraction of sp³-hybridized carbons (Fsp3) is 0.889. The van der Waals surface area contributed by atoms with Crippen molar-refractivity contribution < 1.29 is 14.3 Å². The molecule has 68 valence electrons. The maximum atomic E-state index is 11.2. The van der Waals surface area contributed by atoms with E-state index in [1.54, 1.807) is 0 Å². The van der Waals surface area contributed by atoms with Gasteiger partial charge in [0.1, 0.15) is 0 Å². The zero-order chi connectivity index (χ0) is 8.60. The fourth-order valence-corrected chi connectivity index (χ4v) is 2.02. The smallest absolute Gasteiger partial charge is 0.306 e. The van der Waals surface area contributed by atoms with E-state index in [9.17, 15) is 4.79 Å². The molecule has 0 aromatic carbocycles. The third-order valence-electron chi connectivity index (χ3n) is 2.87. The van der Waals surface area contributed by atoms with Crippen LogP contribution >= 0.6 is 0 Å².